The van der Waals surface area contributed by atoms with Crippen LogP contribution in [0.25, 0.3) is 0 Å². The molecule has 0 aromatic rings. The molecule has 2 rings (SSSR count). The highest BCUT2D eigenvalue weighted by atomic mass is 16.2. The standard InChI is InChI=1S/C18H33N5O2/c1-4-15(23-11-6-7-17(23)25)8-10-20-18(19-3)21-14-9-12-22(13-14)16(24)5-2/h14-15H,4-13H2,1-3H3,(H2,19,20,21). The molecule has 2 aliphatic heterocycles. The SMILES string of the molecule is CCC(=O)N1CCC(NC(=NC)NCCC(CC)N2CCCC2=O)C1. The maximum atomic E-state index is 11.9. The Morgan fingerprint density at radius 2 is 2.16 bits per heavy atom. The van der Waals surface area contributed by atoms with E-state index in [2.05, 4.69) is 22.5 Å². The quantitative estimate of drug-likeness (QED) is 0.529. The van der Waals surface area contributed by atoms with E-state index >= 15 is 0 Å². The molecule has 0 aromatic carbocycles. The number of aliphatic imine (C=N–C) groups is 1. The van der Waals surface area contributed by atoms with E-state index in [9.17, 15) is 9.59 Å². The molecular formula is C18H33N5O2. The molecule has 0 bridgehead atoms. The lowest BCUT2D eigenvalue weighted by molar-refractivity contribution is -0.130. The Kier molecular flexibility index (Phi) is 7.52. The minimum absolute atomic E-state index is 0.216. The van der Waals surface area contributed by atoms with Crippen LogP contribution in [0.4, 0.5) is 0 Å². The van der Waals surface area contributed by atoms with E-state index in [4.69, 9.17) is 0 Å². The smallest absolute Gasteiger partial charge is 0.222 e. The van der Waals surface area contributed by atoms with Crippen molar-refractivity contribution < 1.29 is 9.59 Å². The normalized spacial score (nSPS) is 22.4. The van der Waals surface area contributed by atoms with Crippen LogP contribution in [-0.4, -0.2) is 72.9 Å². The lowest BCUT2D eigenvalue weighted by Gasteiger charge is -2.27. The van der Waals surface area contributed by atoms with Crippen LogP contribution in [0.15, 0.2) is 4.99 Å². The summed E-state index contributed by atoms with van der Waals surface area (Å²) in [5.41, 5.74) is 0. The third kappa shape index (κ3) is 5.34. The Morgan fingerprint density at radius 3 is 2.76 bits per heavy atom. The van der Waals surface area contributed by atoms with Crippen LogP contribution in [0.2, 0.25) is 0 Å². The number of guanidine groups is 1. The highest BCUT2D eigenvalue weighted by Crippen LogP contribution is 2.17. The summed E-state index contributed by atoms with van der Waals surface area (Å²) in [6, 6.07) is 0.564. The van der Waals surface area contributed by atoms with E-state index in [1.807, 2.05) is 16.7 Å². The predicted octanol–water partition coefficient (Wildman–Crippen LogP) is 0.953. The van der Waals surface area contributed by atoms with Crippen LogP contribution >= 0.6 is 0 Å². The first kappa shape index (κ1) is 19.5. The van der Waals surface area contributed by atoms with E-state index in [0.717, 1.165) is 57.8 Å². The van der Waals surface area contributed by atoms with Crippen molar-refractivity contribution in [1.82, 2.24) is 20.4 Å². The second-order valence-corrected chi connectivity index (χ2v) is 6.86. The average Bonchev–Trinajstić information content (AvgIpc) is 3.26. The van der Waals surface area contributed by atoms with E-state index < -0.39 is 0 Å². The lowest BCUT2D eigenvalue weighted by Crippen LogP contribution is -2.46. The summed E-state index contributed by atoms with van der Waals surface area (Å²) in [6.07, 6.45) is 5.10. The first-order valence-electron chi connectivity index (χ1n) is 9.63. The fraction of sp³-hybridized carbons (Fsp3) is 0.833. The maximum absolute atomic E-state index is 11.9. The highest BCUT2D eigenvalue weighted by molar-refractivity contribution is 5.80. The minimum atomic E-state index is 0.216. The fourth-order valence-electron chi connectivity index (χ4n) is 3.71. The molecule has 7 nitrogen and oxygen atoms in total. The van der Waals surface area contributed by atoms with Gasteiger partial charge in [0.2, 0.25) is 11.8 Å². The van der Waals surface area contributed by atoms with Gasteiger partial charge in [0.05, 0.1) is 0 Å². The molecule has 2 heterocycles. The van der Waals surface area contributed by atoms with Gasteiger partial charge < -0.3 is 20.4 Å². The molecule has 2 atom stereocenters. The number of carbonyl (C=O) groups excluding carboxylic acids is 2. The molecule has 2 saturated heterocycles. The number of hydrogen-bond acceptors (Lipinski definition) is 3. The number of likely N-dealkylation sites (tertiary alicyclic amines) is 2. The zero-order chi connectivity index (χ0) is 18.2. The van der Waals surface area contributed by atoms with Gasteiger partial charge in [-0.2, -0.15) is 0 Å². The monoisotopic (exact) mass is 351 g/mol. The van der Waals surface area contributed by atoms with Gasteiger partial charge in [0.25, 0.3) is 0 Å². The van der Waals surface area contributed by atoms with Crippen molar-refractivity contribution in [3.63, 3.8) is 0 Å². The molecular weight excluding hydrogens is 318 g/mol. The maximum Gasteiger partial charge on any atom is 0.222 e. The summed E-state index contributed by atoms with van der Waals surface area (Å²) in [5, 5.41) is 6.76. The summed E-state index contributed by atoms with van der Waals surface area (Å²) >= 11 is 0. The van der Waals surface area contributed by atoms with Gasteiger partial charge in [0, 0.05) is 58.2 Å². The molecule has 2 N–H and O–H groups in total. The summed E-state index contributed by atoms with van der Waals surface area (Å²) < 4.78 is 0. The molecule has 2 fully saturated rings. The second-order valence-electron chi connectivity index (χ2n) is 6.86. The van der Waals surface area contributed by atoms with Gasteiger partial charge in [-0.25, -0.2) is 0 Å². The van der Waals surface area contributed by atoms with Gasteiger partial charge in [-0.1, -0.05) is 13.8 Å². The molecule has 0 saturated carbocycles. The third-order valence-electron chi connectivity index (χ3n) is 5.20. The van der Waals surface area contributed by atoms with Crippen LogP contribution in [-0.2, 0) is 9.59 Å². The number of carbonyl (C=O) groups is 2. The topological polar surface area (TPSA) is 77.0 Å². The Balaban J connectivity index is 1.73. The second kappa shape index (κ2) is 9.63. The van der Waals surface area contributed by atoms with Crippen LogP contribution in [0.3, 0.4) is 0 Å². The summed E-state index contributed by atoms with van der Waals surface area (Å²) in [5.74, 6) is 1.28. The molecule has 0 radical (unpaired) electrons. The summed E-state index contributed by atoms with van der Waals surface area (Å²) in [7, 11) is 1.76. The van der Waals surface area contributed by atoms with Gasteiger partial charge >= 0.3 is 0 Å². The van der Waals surface area contributed by atoms with Gasteiger partial charge in [-0.3, -0.25) is 14.6 Å². The van der Waals surface area contributed by atoms with Crippen molar-refractivity contribution in [1.29, 1.82) is 0 Å². The fourth-order valence-corrected chi connectivity index (χ4v) is 3.71. The average molecular weight is 351 g/mol. The Morgan fingerprint density at radius 1 is 1.36 bits per heavy atom. The molecule has 7 heteroatoms. The minimum Gasteiger partial charge on any atom is -0.356 e. The number of hydrogen-bond donors (Lipinski definition) is 2. The molecule has 2 amide bonds. The Bertz CT molecular complexity index is 494. The lowest BCUT2D eigenvalue weighted by atomic mass is 10.1. The first-order chi connectivity index (χ1) is 12.1. The molecule has 2 unspecified atom stereocenters. The highest BCUT2D eigenvalue weighted by Gasteiger charge is 2.27. The first-order valence-corrected chi connectivity index (χ1v) is 9.63. The number of amides is 2. The number of nitrogens with one attached hydrogen (secondary N) is 2. The summed E-state index contributed by atoms with van der Waals surface area (Å²) in [6.45, 7) is 7.28. The van der Waals surface area contributed by atoms with Gasteiger partial charge in [-0.15, -0.1) is 0 Å². The van der Waals surface area contributed by atoms with Crippen LogP contribution in [0.1, 0.15) is 52.4 Å². The van der Waals surface area contributed by atoms with Crippen LogP contribution < -0.4 is 10.6 Å². The van der Waals surface area contributed by atoms with Crippen molar-refractivity contribution in [2.24, 2.45) is 4.99 Å². The van der Waals surface area contributed by atoms with Gasteiger partial charge in [0.15, 0.2) is 5.96 Å². The van der Waals surface area contributed by atoms with Crippen LogP contribution in [0.5, 0.6) is 0 Å². The molecule has 142 valence electrons. The van der Waals surface area contributed by atoms with Gasteiger partial charge in [0.1, 0.15) is 0 Å². The molecule has 25 heavy (non-hydrogen) atoms. The summed E-state index contributed by atoms with van der Waals surface area (Å²) in [4.78, 5) is 31.9. The van der Waals surface area contributed by atoms with Gasteiger partial charge in [-0.05, 0) is 25.7 Å². The zero-order valence-corrected chi connectivity index (χ0v) is 15.9. The van der Waals surface area contributed by atoms with E-state index in [1.54, 1.807) is 7.05 Å². The van der Waals surface area contributed by atoms with Crippen LogP contribution in [0, 0.1) is 0 Å². The molecule has 0 aliphatic carbocycles. The molecule has 0 aromatic heterocycles. The Hall–Kier alpha value is -1.79. The van der Waals surface area contributed by atoms with Crippen molar-refractivity contribution >= 4 is 17.8 Å². The predicted molar refractivity (Wildman–Crippen MR) is 99.4 cm³/mol. The van der Waals surface area contributed by atoms with Crippen molar-refractivity contribution in [2.75, 3.05) is 33.2 Å². The van der Waals surface area contributed by atoms with Crippen molar-refractivity contribution in [3.8, 4) is 0 Å². The number of rotatable bonds is 7. The van der Waals surface area contributed by atoms with Crippen molar-refractivity contribution in [2.45, 2.75) is 64.5 Å². The zero-order valence-electron chi connectivity index (χ0n) is 15.9. The number of nitrogens with zero attached hydrogens (tertiary/aromatic N) is 3. The van der Waals surface area contributed by atoms with E-state index in [-0.39, 0.29) is 11.9 Å². The largest absolute Gasteiger partial charge is 0.356 e. The molecule has 0 spiro atoms. The third-order valence-corrected chi connectivity index (χ3v) is 5.20. The Labute approximate surface area is 151 Å². The van der Waals surface area contributed by atoms with E-state index in [0.29, 0.717) is 24.8 Å². The van der Waals surface area contributed by atoms with Crippen molar-refractivity contribution in [3.05, 3.63) is 0 Å². The van der Waals surface area contributed by atoms with E-state index in [1.165, 1.54) is 0 Å². The molecule has 2 aliphatic rings.